The van der Waals surface area contributed by atoms with Crippen molar-refractivity contribution in [1.82, 2.24) is 5.32 Å². The fourth-order valence-corrected chi connectivity index (χ4v) is 1.32. The van der Waals surface area contributed by atoms with E-state index in [9.17, 15) is 9.59 Å². The van der Waals surface area contributed by atoms with Crippen LogP contribution in [0.25, 0.3) is 0 Å². The van der Waals surface area contributed by atoms with Gasteiger partial charge in [0.1, 0.15) is 0 Å². The molecule has 3 N–H and O–H groups in total. The SMILES string of the molecule is CCOC(=O)c1ccc(CNC(=O)[C@H](C)N)cc1. The van der Waals surface area contributed by atoms with E-state index in [1.54, 1.807) is 38.1 Å². The summed E-state index contributed by atoms with van der Waals surface area (Å²) >= 11 is 0. The van der Waals surface area contributed by atoms with E-state index in [0.29, 0.717) is 18.7 Å². The fraction of sp³-hybridized carbons (Fsp3) is 0.385. The summed E-state index contributed by atoms with van der Waals surface area (Å²) in [5.41, 5.74) is 6.82. The summed E-state index contributed by atoms with van der Waals surface area (Å²) in [6, 6.07) is 6.36. The van der Waals surface area contributed by atoms with Gasteiger partial charge in [-0.1, -0.05) is 12.1 Å². The second-order valence-corrected chi connectivity index (χ2v) is 3.92. The molecule has 0 heterocycles. The Balaban J connectivity index is 2.55. The number of hydrogen-bond acceptors (Lipinski definition) is 4. The second-order valence-electron chi connectivity index (χ2n) is 3.92. The van der Waals surface area contributed by atoms with Crippen LogP contribution < -0.4 is 11.1 Å². The van der Waals surface area contributed by atoms with Crippen LogP contribution in [0.2, 0.25) is 0 Å². The monoisotopic (exact) mass is 250 g/mol. The molecule has 1 rings (SSSR count). The molecule has 0 saturated carbocycles. The second kappa shape index (κ2) is 6.76. The molecule has 0 aromatic heterocycles. The van der Waals surface area contributed by atoms with Crippen molar-refractivity contribution in [2.75, 3.05) is 6.61 Å². The van der Waals surface area contributed by atoms with Gasteiger partial charge in [-0.2, -0.15) is 0 Å². The van der Waals surface area contributed by atoms with Crippen LogP contribution >= 0.6 is 0 Å². The average molecular weight is 250 g/mol. The maximum absolute atomic E-state index is 11.4. The van der Waals surface area contributed by atoms with Gasteiger partial charge in [0.2, 0.25) is 5.91 Å². The van der Waals surface area contributed by atoms with Gasteiger partial charge in [-0.15, -0.1) is 0 Å². The first kappa shape index (κ1) is 14.2. The molecule has 18 heavy (non-hydrogen) atoms. The zero-order valence-corrected chi connectivity index (χ0v) is 10.6. The Hall–Kier alpha value is -1.88. The molecule has 5 nitrogen and oxygen atoms in total. The highest BCUT2D eigenvalue weighted by Crippen LogP contribution is 2.06. The lowest BCUT2D eigenvalue weighted by molar-refractivity contribution is -0.122. The minimum atomic E-state index is -0.524. The van der Waals surface area contributed by atoms with E-state index in [0.717, 1.165) is 5.56 Å². The topological polar surface area (TPSA) is 81.4 Å². The lowest BCUT2D eigenvalue weighted by Gasteiger charge is -2.08. The summed E-state index contributed by atoms with van der Waals surface area (Å²) < 4.78 is 4.87. The molecule has 0 unspecified atom stereocenters. The normalized spacial score (nSPS) is 11.7. The van der Waals surface area contributed by atoms with Gasteiger partial charge < -0.3 is 15.8 Å². The van der Waals surface area contributed by atoms with Gasteiger partial charge in [0, 0.05) is 6.54 Å². The first-order chi connectivity index (χ1) is 8.54. The number of ether oxygens (including phenoxy) is 1. The molecule has 0 radical (unpaired) electrons. The predicted octanol–water partition coefficient (Wildman–Crippen LogP) is 0.827. The third-order valence-corrected chi connectivity index (χ3v) is 2.35. The largest absolute Gasteiger partial charge is 0.462 e. The zero-order valence-electron chi connectivity index (χ0n) is 10.6. The molecule has 1 amide bonds. The van der Waals surface area contributed by atoms with Gasteiger partial charge in [-0.25, -0.2) is 4.79 Å². The van der Waals surface area contributed by atoms with Crippen LogP contribution in [0.4, 0.5) is 0 Å². The number of esters is 1. The van der Waals surface area contributed by atoms with E-state index < -0.39 is 6.04 Å². The summed E-state index contributed by atoms with van der Waals surface area (Å²) in [5.74, 6) is -0.548. The Kier molecular flexibility index (Phi) is 5.32. The van der Waals surface area contributed by atoms with E-state index >= 15 is 0 Å². The van der Waals surface area contributed by atoms with E-state index in [1.807, 2.05) is 0 Å². The van der Waals surface area contributed by atoms with Crippen molar-refractivity contribution in [3.8, 4) is 0 Å². The van der Waals surface area contributed by atoms with E-state index in [2.05, 4.69) is 5.32 Å². The summed E-state index contributed by atoms with van der Waals surface area (Å²) in [6.45, 7) is 4.13. The van der Waals surface area contributed by atoms with Gasteiger partial charge in [0.15, 0.2) is 0 Å². The van der Waals surface area contributed by atoms with Crippen molar-refractivity contribution in [3.63, 3.8) is 0 Å². The molecule has 98 valence electrons. The molecule has 1 atom stereocenters. The summed E-state index contributed by atoms with van der Waals surface area (Å²) in [7, 11) is 0. The highest BCUT2D eigenvalue weighted by Gasteiger charge is 2.08. The van der Waals surface area contributed by atoms with Crippen LogP contribution in [-0.2, 0) is 16.1 Å². The Labute approximate surface area is 106 Å². The third-order valence-electron chi connectivity index (χ3n) is 2.35. The summed E-state index contributed by atoms with van der Waals surface area (Å²) in [6.07, 6.45) is 0. The highest BCUT2D eigenvalue weighted by molar-refractivity contribution is 5.89. The lowest BCUT2D eigenvalue weighted by Crippen LogP contribution is -2.37. The van der Waals surface area contributed by atoms with Crippen LogP contribution in [0, 0.1) is 0 Å². The quantitative estimate of drug-likeness (QED) is 0.758. The lowest BCUT2D eigenvalue weighted by atomic mass is 10.1. The van der Waals surface area contributed by atoms with Crippen molar-refractivity contribution in [2.45, 2.75) is 26.4 Å². The molecule has 0 aliphatic rings. The van der Waals surface area contributed by atoms with Gasteiger partial charge in [0.05, 0.1) is 18.2 Å². The molecule has 1 aromatic rings. The minimum Gasteiger partial charge on any atom is -0.462 e. The number of benzene rings is 1. The number of carbonyl (C=O) groups is 2. The molecule has 0 spiro atoms. The fourth-order valence-electron chi connectivity index (χ4n) is 1.32. The van der Waals surface area contributed by atoms with Crippen molar-refractivity contribution >= 4 is 11.9 Å². The minimum absolute atomic E-state index is 0.204. The Morgan fingerprint density at radius 3 is 2.44 bits per heavy atom. The summed E-state index contributed by atoms with van der Waals surface area (Å²) in [5, 5.41) is 2.69. The van der Waals surface area contributed by atoms with Crippen molar-refractivity contribution in [1.29, 1.82) is 0 Å². The van der Waals surface area contributed by atoms with Gasteiger partial charge in [-0.05, 0) is 31.5 Å². The van der Waals surface area contributed by atoms with Gasteiger partial charge in [-0.3, -0.25) is 4.79 Å². The Morgan fingerprint density at radius 1 is 1.33 bits per heavy atom. The molecule has 0 aliphatic heterocycles. The number of nitrogens with two attached hydrogens (primary N) is 1. The average Bonchev–Trinajstić information content (AvgIpc) is 2.36. The molecule has 0 aliphatic carbocycles. The smallest absolute Gasteiger partial charge is 0.338 e. The predicted molar refractivity (Wildman–Crippen MR) is 67.9 cm³/mol. The number of nitrogens with one attached hydrogen (secondary N) is 1. The van der Waals surface area contributed by atoms with Gasteiger partial charge >= 0.3 is 5.97 Å². The van der Waals surface area contributed by atoms with E-state index in [4.69, 9.17) is 10.5 Å². The zero-order chi connectivity index (χ0) is 13.5. The van der Waals surface area contributed by atoms with Crippen LogP contribution in [0.3, 0.4) is 0 Å². The molecule has 0 saturated heterocycles. The summed E-state index contributed by atoms with van der Waals surface area (Å²) in [4.78, 5) is 22.7. The molecule has 5 heteroatoms. The number of hydrogen-bond donors (Lipinski definition) is 2. The van der Waals surface area contributed by atoms with E-state index in [-0.39, 0.29) is 11.9 Å². The van der Waals surface area contributed by atoms with Crippen LogP contribution in [-0.4, -0.2) is 24.5 Å². The van der Waals surface area contributed by atoms with Crippen LogP contribution in [0.15, 0.2) is 24.3 Å². The first-order valence-electron chi connectivity index (χ1n) is 5.84. The Bertz CT molecular complexity index is 413. The van der Waals surface area contributed by atoms with Crippen molar-refractivity contribution < 1.29 is 14.3 Å². The molecular formula is C13H18N2O3. The highest BCUT2D eigenvalue weighted by atomic mass is 16.5. The van der Waals surface area contributed by atoms with Crippen molar-refractivity contribution in [2.24, 2.45) is 5.73 Å². The molecular weight excluding hydrogens is 232 g/mol. The number of amides is 1. The standard InChI is InChI=1S/C13H18N2O3/c1-3-18-13(17)11-6-4-10(5-7-11)8-15-12(16)9(2)14/h4-7,9H,3,8,14H2,1-2H3,(H,15,16)/t9-/m0/s1. The van der Waals surface area contributed by atoms with Crippen molar-refractivity contribution in [3.05, 3.63) is 35.4 Å². The number of carbonyl (C=O) groups excluding carboxylic acids is 2. The third kappa shape index (κ3) is 4.18. The number of rotatable bonds is 5. The molecule has 0 bridgehead atoms. The maximum atomic E-state index is 11.4. The maximum Gasteiger partial charge on any atom is 0.338 e. The van der Waals surface area contributed by atoms with Gasteiger partial charge in [0.25, 0.3) is 0 Å². The molecule has 1 aromatic carbocycles. The Morgan fingerprint density at radius 2 is 1.94 bits per heavy atom. The molecule has 0 fully saturated rings. The first-order valence-corrected chi connectivity index (χ1v) is 5.84. The van der Waals surface area contributed by atoms with Crippen LogP contribution in [0.5, 0.6) is 0 Å². The van der Waals surface area contributed by atoms with Crippen LogP contribution in [0.1, 0.15) is 29.8 Å². The van der Waals surface area contributed by atoms with E-state index in [1.165, 1.54) is 0 Å².